The molecule has 1 heterocycles. The monoisotopic (exact) mass is 247 g/mol. The Bertz CT molecular complexity index is 465. The lowest BCUT2D eigenvalue weighted by Crippen LogP contribution is -2.64. The molecule has 0 spiro atoms. The maximum atomic E-state index is 12.1. The highest BCUT2D eigenvalue weighted by atomic mass is 16.3. The molecule has 1 atom stereocenters. The molecule has 0 radical (unpaired) electrons. The molecule has 3 heteroatoms. The molecule has 0 aliphatic carbocycles. The van der Waals surface area contributed by atoms with Gasteiger partial charge in [0, 0.05) is 16.4 Å². The van der Waals surface area contributed by atoms with Crippen LogP contribution in [-0.2, 0) is 10.5 Å². The topological polar surface area (TPSA) is 49.3 Å². The summed E-state index contributed by atoms with van der Waals surface area (Å²) in [4.78, 5) is 12.1. The third kappa shape index (κ3) is 1.83. The SMILES string of the molecule is CC1(C)CC(C)(C)C(O)(c2ccccc2)NC1=O. The van der Waals surface area contributed by atoms with E-state index in [1.54, 1.807) is 0 Å². The van der Waals surface area contributed by atoms with E-state index in [0.717, 1.165) is 5.56 Å². The number of carbonyl (C=O) groups is 1. The molecule has 98 valence electrons. The lowest BCUT2D eigenvalue weighted by atomic mass is 9.63. The van der Waals surface area contributed by atoms with E-state index in [2.05, 4.69) is 5.32 Å². The number of piperidine rings is 1. The van der Waals surface area contributed by atoms with E-state index < -0.39 is 16.6 Å². The molecule has 0 bridgehead atoms. The number of amides is 1. The number of nitrogens with one attached hydrogen (secondary N) is 1. The van der Waals surface area contributed by atoms with Crippen LogP contribution in [0.15, 0.2) is 30.3 Å². The maximum absolute atomic E-state index is 12.1. The molecular weight excluding hydrogens is 226 g/mol. The number of benzene rings is 1. The summed E-state index contributed by atoms with van der Waals surface area (Å²) in [6, 6.07) is 9.33. The van der Waals surface area contributed by atoms with Crippen molar-refractivity contribution in [3.63, 3.8) is 0 Å². The summed E-state index contributed by atoms with van der Waals surface area (Å²) in [5.41, 5.74) is -1.45. The predicted molar refractivity (Wildman–Crippen MR) is 70.7 cm³/mol. The largest absolute Gasteiger partial charge is 0.366 e. The average molecular weight is 247 g/mol. The summed E-state index contributed by atoms with van der Waals surface area (Å²) in [6.07, 6.45) is 0.636. The summed E-state index contributed by atoms with van der Waals surface area (Å²) in [5.74, 6) is -0.104. The number of hydrogen-bond donors (Lipinski definition) is 2. The molecule has 1 aliphatic rings. The third-order valence-corrected chi connectivity index (χ3v) is 3.96. The van der Waals surface area contributed by atoms with Crippen LogP contribution in [-0.4, -0.2) is 11.0 Å². The molecule has 1 aromatic rings. The minimum absolute atomic E-state index is 0.104. The zero-order valence-electron chi connectivity index (χ0n) is 11.4. The Labute approximate surface area is 108 Å². The zero-order valence-corrected chi connectivity index (χ0v) is 11.4. The van der Waals surface area contributed by atoms with Crippen LogP contribution in [0, 0.1) is 10.8 Å². The van der Waals surface area contributed by atoms with Crippen LogP contribution >= 0.6 is 0 Å². The molecule has 0 aromatic heterocycles. The quantitative estimate of drug-likeness (QED) is 0.800. The molecule has 2 rings (SSSR count). The maximum Gasteiger partial charge on any atom is 0.228 e. The van der Waals surface area contributed by atoms with E-state index in [1.807, 2.05) is 58.0 Å². The predicted octanol–water partition coefficient (Wildman–Crippen LogP) is 2.40. The second-order valence-corrected chi connectivity index (χ2v) is 6.48. The Morgan fingerprint density at radius 3 is 2.22 bits per heavy atom. The Balaban J connectivity index is 2.48. The molecule has 1 fully saturated rings. The molecule has 1 amide bonds. The van der Waals surface area contributed by atoms with E-state index in [9.17, 15) is 9.90 Å². The number of hydrogen-bond acceptors (Lipinski definition) is 2. The first-order valence-electron chi connectivity index (χ1n) is 6.30. The van der Waals surface area contributed by atoms with Gasteiger partial charge in [-0.15, -0.1) is 0 Å². The number of carbonyl (C=O) groups excluding carboxylic acids is 1. The molecule has 1 aromatic carbocycles. The lowest BCUT2D eigenvalue weighted by Gasteiger charge is -2.51. The van der Waals surface area contributed by atoms with Crippen molar-refractivity contribution in [3.8, 4) is 0 Å². The third-order valence-electron chi connectivity index (χ3n) is 3.96. The number of rotatable bonds is 1. The van der Waals surface area contributed by atoms with E-state index >= 15 is 0 Å². The van der Waals surface area contributed by atoms with Gasteiger partial charge in [-0.2, -0.15) is 0 Å². The summed E-state index contributed by atoms with van der Waals surface area (Å²) < 4.78 is 0. The van der Waals surface area contributed by atoms with E-state index in [-0.39, 0.29) is 5.91 Å². The fraction of sp³-hybridized carbons (Fsp3) is 0.533. The van der Waals surface area contributed by atoms with Crippen LogP contribution in [0.1, 0.15) is 39.7 Å². The second kappa shape index (κ2) is 3.82. The molecule has 1 saturated heterocycles. The highest BCUT2D eigenvalue weighted by Crippen LogP contribution is 2.49. The first-order valence-corrected chi connectivity index (χ1v) is 6.30. The number of aliphatic hydroxyl groups is 1. The van der Waals surface area contributed by atoms with Gasteiger partial charge in [0.1, 0.15) is 0 Å². The summed E-state index contributed by atoms with van der Waals surface area (Å²) in [7, 11) is 0. The smallest absolute Gasteiger partial charge is 0.228 e. The summed E-state index contributed by atoms with van der Waals surface area (Å²) in [6.45, 7) is 7.80. The highest BCUT2D eigenvalue weighted by molar-refractivity contribution is 5.83. The normalized spacial score (nSPS) is 29.7. The molecule has 0 saturated carbocycles. The van der Waals surface area contributed by atoms with Crippen molar-refractivity contribution in [2.24, 2.45) is 10.8 Å². The van der Waals surface area contributed by atoms with Gasteiger partial charge in [-0.3, -0.25) is 4.79 Å². The molecule has 1 aliphatic heterocycles. The van der Waals surface area contributed by atoms with Gasteiger partial charge in [-0.05, 0) is 6.42 Å². The van der Waals surface area contributed by atoms with Crippen LogP contribution < -0.4 is 5.32 Å². The van der Waals surface area contributed by atoms with Crippen LogP contribution in [0.25, 0.3) is 0 Å². The first kappa shape index (κ1) is 13.1. The van der Waals surface area contributed by atoms with Crippen molar-refractivity contribution in [2.75, 3.05) is 0 Å². The van der Waals surface area contributed by atoms with Crippen LogP contribution in [0.3, 0.4) is 0 Å². The van der Waals surface area contributed by atoms with Gasteiger partial charge in [0.15, 0.2) is 5.72 Å². The molecular formula is C15H21NO2. The van der Waals surface area contributed by atoms with E-state index in [4.69, 9.17) is 0 Å². The highest BCUT2D eigenvalue weighted by Gasteiger charge is 2.55. The van der Waals surface area contributed by atoms with Gasteiger partial charge in [-0.25, -0.2) is 0 Å². The molecule has 1 unspecified atom stereocenters. The fourth-order valence-corrected chi connectivity index (χ4v) is 2.96. The van der Waals surface area contributed by atoms with Gasteiger partial charge < -0.3 is 10.4 Å². The molecule has 18 heavy (non-hydrogen) atoms. The Kier molecular flexibility index (Phi) is 2.78. The van der Waals surface area contributed by atoms with Gasteiger partial charge in [-0.1, -0.05) is 58.0 Å². The van der Waals surface area contributed by atoms with E-state index in [1.165, 1.54) is 0 Å². The van der Waals surface area contributed by atoms with Gasteiger partial charge in [0.2, 0.25) is 5.91 Å². The van der Waals surface area contributed by atoms with Crippen molar-refractivity contribution in [2.45, 2.75) is 39.8 Å². The van der Waals surface area contributed by atoms with Crippen molar-refractivity contribution in [1.82, 2.24) is 5.32 Å². The van der Waals surface area contributed by atoms with Crippen LogP contribution in [0.2, 0.25) is 0 Å². The fourth-order valence-electron chi connectivity index (χ4n) is 2.96. The Morgan fingerprint density at radius 2 is 1.67 bits per heavy atom. The lowest BCUT2D eigenvalue weighted by molar-refractivity contribution is -0.175. The van der Waals surface area contributed by atoms with E-state index in [0.29, 0.717) is 6.42 Å². The summed E-state index contributed by atoms with van der Waals surface area (Å²) >= 11 is 0. The van der Waals surface area contributed by atoms with Crippen molar-refractivity contribution < 1.29 is 9.90 Å². The second-order valence-electron chi connectivity index (χ2n) is 6.48. The minimum Gasteiger partial charge on any atom is -0.366 e. The Hall–Kier alpha value is -1.35. The van der Waals surface area contributed by atoms with Crippen molar-refractivity contribution in [3.05, 3.63) is 35.9 Å². The van der Waals surface area contributed by atoms with Gasteiger partial charge >= 0.3 is 0 Å². The zero-order chi connectivity index (χ0) is 13.6. The van der Waals surface area contributed by atoms with Gasteiger partial charge in [0.05, 0.1) is 0 Å². The van der Waals surface area contributed by atoms with Gasteiger partial charge in [0.25, 0.3) is 0 Å². The molecule has 2 N–H and O–H groups in total. The van der Waals surface area contributed by atoms with Crippen molar-refractivity contribution in [1.29, 1.82) is 0 Å². The summed E-state index contributed by atoms with van der Waals surface area (Å²) in [5, 5.41) is 13.7. The average Bonchev–Trinajstić information content (AvgIpc) is 2.27. The standard InChI is InChI=1S/C15H21NO2/c1-13(2)10-14(3,4)15(18,16-12(13)17)11-8-6-5-7-9-11/h5-9,18H,10H2,1-4H3,(H,16,17). The van der Waals surface area contributed by atoms with Crippen molar-refractivity contribution >= 4 is 5.91 Å². The Morgan fingerprint density at radius 1 is 1.11 bits per heavy atom. The molecule has 3 nitrogen and oxygen atoms in total. The van der Waals surface area contributed by atoms with Crippen LogP contribution in [0.4, 0.5) is 0 Å². The first-order chi connectivity index (χ1) is 8.19. The minimum atomic E-state index is -1.30. The van der Waals surface area contributed by atoms with Crippen LogP contribution in [0.5, 0.6) is 0 Å².